The first kappa shape index (κ1) is 23.3. The number of carbonyl (C=O) groups is 3. The number of urea groups is 1. The number of carbonyl (C=O) groups excluding carboxylic acids is 3. The van der Waals surface area contributed by atoms with Gasteiger partial charge in [-0.15, -0.1) is 0 Å². The van der Waals surface area contributed by atoms with Crippen molar-refractivity contribution in [3.63, 3.8) is 0 Å². The minimum Gasteiger partial charge on any atom is -0.489 e. The van der Waals surface area contributed by atoms with E-state index in [9.17, 15) is 18.8 Å². The van der Waals surface area contributed by atoms with Crippen molar-refractivity contribution in [3.8, 4) is 11.6 Å². The van der Waals surface area contributed by atoms with Crippen LogP contribution in [0.2, 0.25) is 0 Å². The molecule has 1 fully saturated rings. The molecule has 0 radical (unpaired) electrons. The average Bonchev–Trinajstić information content (AvgIpc) is 3.63. The van der Waals surface area contributed by atoms with E-state index >= 15 is 0 Å². The van der Waals surface area contributed by atoms with Crippen LogP contribution in [0.25, 0.3) is 5.82 Å². The SMILES string of the molecule is O=C1NC(=O)[C@](CN2Cc3cc(OCc4ccc(-n5cncn5)nc4)ccc3C2=O)(c2ccc(F)cc2)N1. The molecule has 12 heteroatoms. The highest BCUT2D eigenvalue weighted by Gasteiger charge is 2.50. The first-order valence-electron chi connectivity index (χ1n) is 11.7. The van der Waals surface area contributed by atoms with Crippen LogP contribution < -0.4 is 15.4 Å². The van der Waals surface area contributed by atoms with Crippen molar-refractivity contribution in [2.45, 2.75) is 18.7 Å². The van der Waals surface area contributed by atoms with Crippen LogP contribution in [0.5, 0.6) is 5.75 Å². The zero-order valence-corrected chi connectivity index (χ0v) is 19.8. The molecule has 11 nitrogen and oxygen atoms in total. The van der Waals surface area contributed by atoms with Gasteiger partial charge < -0.3 is 15.0 Å². The smallest absolute Gasteiger partial charge is 0.322 e. The molecule has 38 heavy (non-hydrogen) atoms. The molecule has 2 aromatic heterocycles. The number of aromatic nitrogens is 4. The van der Waals surface area contributed by atoms with Gasteiger partial charge in [-0.25, -0.2) is 23.8 Å². The molecule has 0 bridgehead atoms. The highest BCUT2D eigenvalue weighted by molar-refractivity contribution is 6.08. The topological polar surface area (TPSA) is 131 Å². The monoisotopic (exact) mass is 513 g/mol. The highest BCUT2D eigenvalue weighted by Crippen LogP contribution is 2.32. The molecule has 2 aliphatic heterocycles. The third-order valence-electron chi connectivity index (χ3n) is 6.53. The second kappa shape index (κ2) is 9.07. The number of nitrogens with zero attached hydrogens (tertiary/aromatic N) is 5. The van der Waals surface area contributed by atoms with Crippen molar-refractivity contribution in [3.05, 3.63) is 102 Å². The standard InChI is InChI=1S/C26H20FN7O4/c27-19-4-2-18(3-5-19)26(24(36)31-25(37)32-26)13-33-11-17-9-20(6-7-21(17)23(33)35)38-12-16-1-8-22(29-10-16)34-15-28-14-30-34/h1-10,14-15H,11-13H2,(H2,31,32,36,37)/t26-/m0/s1. The fraction of sp³-hybridized carbons (Fsp3) is 0.154. The van der Waals surface area contributed by atoms with Gasteiger partial charge >= 0.3 is 6.03 Å². The molecule has 4 aromatic rings. The lowest BCUT2D eigenvalue weighted by Gasteiger charge is -2.31. The van der Waals surface area contributed by atoms with E-state index in [1.165, 1.54) is 35.5 Å². The van der Waals surface area contributed by atoms with E-state index in [2.05, 4.69) is 25.7 Å². The fourth-order valence-corrected chi connectivity index (χ4v) is 4.62. The summed E-state index contributed by atoms with van der Waals surface area (Å²) >= 11 is 0. The number of rotatable bonds is 7. The molecule has 2 N–H and O–H groups in total. The Balaban J connectivity index is 1.17. The lowest BCUT2D eigenvalue weighted by molar-refractivity contribution is -0.124. The molecule has 0 unspecified atom stereocenters. The van der Waals surface area contributed by atoms with E-state index in [1.54, 1.807) is 35.4 Å². The summed E-state index contributed by atoms with van der Waals surface area (Å²) in [6.07, 6.45) is 4.67. The molecule has 190 valence electrons. The van der Waals surface area contributed by atoms with Crippen LogP contribution >= 0.6 is 0 Å². The molecule has 1 atom stereocenters. The van der Waals surface area contributed by atoms with Gasteiger partial charge in [0.1, 0.15) is 30.8 Å². The summed E-state index contributed by atoms with van der Waals surface area (Å²) in [5, 5.41) is 8.91. The van der Waals surface area contributed by atoms with Gasteiger partial charge in [0, 0.05) is 23.9 Å². The predicted octanol–water partition coefficient (Wildman–Crippen LogP) is 2.07. The molecule has 0 saturated carbocycles. The van der Waals surface area contributed by atoms with Crippen molar-refractivity contribution in [1.82, 2.24) is 35.3 Å². The third-order valence-corrected chi connectivity index (χ3v) is 6.53. The zero-order valence-electron chi connectivity index (χ0n) is 19.8. The zero-order chi connectivity index (χ0) is 26.3. The first-order valence-corrected chi connectivity index (χ1v) is 11.7. The number of benzene rings is 2. The van der Waals surface area contributed by atoms with Crippen LogP contribution in [0.15, 0.2) is 73.4 Å². The van der Waals surface area contributed by atoms with E-state index < -0.39 is 23.3 Å². The summed E-state index contributed by atoms with van der Waals surface area (Å²) in [5.41, 5.74) is 0.892. The van der Waals surface area contributed by atoms with Gasteiger partial charge in [-0.3, -0.25) is 14.9 Å². The highest BCUT2D eigenvalue weighted by atomic mass is 19.1. The van der Waals surface area contributed by atoms with E-state index in [4.69, 9.17) is 4.74 Å². The fourth-order valence-electron chi connectivity index (χ4n) is 4.62. The molecular formula is C26H20FN7O4. The quantitative estimate of drug-likeness (QED) is 0.362. The van der Waals surface area contributed by atoms with Gasteiger partial charge in [0.2, 0.25) is 0 Å². The van der Waals surface area contributed by atoms with Gasteiger partial charge in [-0.1, -0.05) is 18.2 Å². The molecule has 4 heterocycles. The molecule has 6 rings (SSSR count). The van der Waals surface area contributed by atoms with E-state index in [0.717, 1.165) is 11.1 Å². The van der Waals surface area contributed by atoms with Gasteiger partial charge in [0.25, 0.3) is 11.8 Å². The summed E-state index contributed by atoms with van der Waals surface area (Å²) in [6.45, 7) is 0.357. The lowest BCUT2D eigenvalue weighted by atomic mass is 9.89. The maximum atomic E-state index is 13.5. The number of pyridine rings is 1. The number of imide groups is 1. The largest absolute Gasteiger partial charge is 0.489 e. The van der Waals surface area contributed by atoms with Gasteiger partial charge in [0.05, 0.1) is 6.54 Å². The maximum absolute atomic E-state index is 13.5. The number of hydrogen-bond acceptors (Lipinski definition) is 7. The first-order chi connectivity index (χ1) is 18.4. The number of halogens is 1. The summed E-state index contributed by atoms with van der Waals surface area (Å²) in [5.74, 6) is -0.167. The lowest BCUT2D eigenvalue weighted by Crippen LogP contribution is -2.52. The van der Waals surface area contributed by atoms with Crippen LogP contribution in [0.1, 0.15) is 27.0 Å². The van der Waals surface area contributed by atoms with Crippen LogP contribution in [0.4, 0.5) is 9.18 Å². The number of fused-ring (bicyclic) bond motifs is 1. The Kier molecular flexibility index (Phi) is 5.56. The third kappa shape index (κ3) is 4.11. The normalized spacial score (nSPS) is 18.3. The van der Waals surface area contributed by atoms with Crippen LogP contribution in [-0.4, -0.2) is 49.0 Å². The van der Waals surface area contributed by atoms with Gasteiger partial charge in [-0.2, -0.15) is 5.10 Å². The molecular weight excluding hydrogens is 493 g/mol. The van der Waals surface area contributed by atoms with E-state index in [-0.39, 0.29) is 25.6 Å². The molecule has 0 spiro atoms. The van der Waals surface area contributed by atoms with E-state index in [1.807, 2.05) is 12.1 Å². The second-order valence-corrected chi connectivity index (χ2v) is 8.95. The minimum atomic E-state index is -1.53. The summed E-state index contributed by atoms with van der Waals surface area (Å²) in [6, 6.07) is 13.4. The maximum Gasteiger partial charge on any atom is 0.322 e. The van der Waals surface area contributed by atoms with Gasteiger partial charge in [-0.05, 0) is 47.5 Å². The second-order valence-electron chi connectivity index (χ2n) is 8.95. The van der Waals surface area contributed by atoms with Crippen LogP contribution in [0, 0.1) is 5.82 Å². The van der Waals surface area contributed by atoms with Crippen molar-refractivity contribution in [1.29, 1.82) is 0 Å². The summed E-state index contributed by atoms with van der Waals surface area (Å²) < 4.78 is 21.0. The summed E-state index contributed by atoms with van der Waals surface area (Å²) in [4.78, 5) is 47.8. The minimum absolute atomic E-state index is 0.121. The van der Waals surface area contributed by atoms with Crippen LogP contribution in [0.3, 0.4) is 0 Å². The number of nitrogens with one attached hydrogen (secondary N) is 2. The van der Waals surface area contributed by atoms with Crippen molar-refractivity contribution >= 4 is 17.8 Å². The Hall–Kier alpha value is -5.13. The molecule has 2 aromatic carbocycles. The molecule has 4 amide bonds. The number of ether oxygens (including phenoxy) is 1. The number of amides is 4. The van der Waals surface area contributed by atoms with E-state index in [0.29, 0.717) is 22.7 Å². The Morgan fingerprint density at radius 2 is 1.89 bits per heavy atom. The summed E-state index contributed by atoms with van der Waals surface area (Å²) in [7, 11) is 0. The van der Waals surface area contributed by atoms with Crippen LogP contribution in [-0.2, 0) is 23.5 Å². The Bertz CT molecular complexity index is 1540. The van der Waals surface area contributed by atoms with Gasteiger partial charge in [0.15, 0.2) is 11.4 Å². The average molecular weight is 513 g/mol. The Morgan fingerprint density at radius 3 is 2.58 bits per heavy atom. The van der Waals surface area contributed by atoms with Crippen molar-refractivity contribution in [2.24, 2.45) is 0 Å². The Labute approximate surface area is 215 Å². The Morgan fingerprint density at radius 1 is 1.05 bits per heavy atom. The molecule has 2 aliphatic rings. The molecule has 0 aliphatic carbocycles. The molecule has 1 saturated heterocycles. The van der Waals surface area contributed by atoms with Crippen molar-refractivity contribution < 1.29 is 23.5 Å². The van der Waals surface area contributed by atoms with Crippen molar-refractivity contribution in [2.75, 3.05) is 6.54 Å². The predicted molar refractivity (Wildman–Crippen MR) is 129 cm³/mol. The number of hydrogen-bond donors (Lipinski definition) is 2.